The molecule has 1 amide bonds. The Bertz CT molecular complexity index is 1000. The Hall–Kier alpha value is -2.95. The fraction of sp³-hybridized carbons (Fsp3) is 0.545. The summed E-state index contributed by atoms with van der Waals surface area (Å²) in [5.74, 6) is -1.24. The van der Waals surface area contributed by atoms with E-state index in [1.807, 2.05) is 32.9 Å². The summed E-state index contributed by atoms with van der Waals surface area (Å²) in [4.78, 5) is 25.6. The molecule has 0 fully saturated rings. The molecule has 0 heterocycles. The van der Waals surface area contributed by atoms with Gasteiger partial charge in [0.15, 0.2) is 6.61 Å². The van der Waals surface area contributed by atoms with Crippen LogP contribution >= 0.6 is 0 Å². The number of hydrogen-bond donors (Lipinski definition) is 1. The number of esters is 1. The molecule has 9 nitrogen and oxygen atoms in total. The van der Waals surface area contributed by atoms with Crippen LogP contribution in [0.1, 0.15) is 47.1 Å². The van der Waals surface area contributed by atoms with Gasteiger partial charge in [0, 0.05) is 19.6 Å². The molecule has 1 rings (SSSR count). The van der Waals surface area contributed by atoms with Crippen molar-refractivity contribution in [1.29, 1.82) is 10.5 Å². The lowest BCUT2D eigenvalue weighted by molar-refractivity contribution is -0.151. The third-order valence-corrected chi connectivity index (χ3v) is 7.25. The van der Waals surface area contributed by atoms with E-state index in [0.717, 1.165) is 16.7 Å². The first kappa shape index (κ1) is 27.1. The number of nitrogens with one attached hydrogen (secondary N) is 1. The van der Waals surface area contributed by atoms with Crippen LogP contribution in [0.2, 0.25) is 0 Å². The van der Waals surface area contributed by atoms with Gasteiger partial charge in [-0.05, 0) is 62.4 Å². The molecule has 174 valence electrons. The largest absolute Gasteiger partial charge is 0.456 e. The van der Waals surface area contributed by atoms with Gasteiger partial charge in [-0.25, -0.2) is 13.1 Å². The van der Waals surface area contributed by atoms with Crippen molar-refractivity contribution in [1.82, 2.24) is 9.62 Å². The van der Waals surface area contributed by atoms with Gasteiger partial charge in [0.05, 0.1) is 36.3 Å². The van der Waals surface area contributed by atoms with Crippen molar-refractivity contribution in [2.75, 3.05) is 26.2 Å². The van der Waals surface area contributed by atoms with Crippen molar-refractivity contribution >= 4 is 21.9 Å². The average molecular weight is 463 g/mol. The summed E-state index contributed by atoms with van der Waals surface area (Å²) >= 11 is 0. The molecule has 0 bridgehead atoms. The van der Waals surface area contributed by atoms with Crippen LogP contribution in [0.25, 0.3) is 0 Å². The molecule has 1 aromatic rings. The molecule has 0 unspecified atom stereocenters. The maximum absolute atomic E-state index is 12.9. The van der Waals surface area contributed by atoms with Crippen molar-refractivity contribution in [2.24, 2.45) is 0 Å². The van der Waals surface area contributed by atoms with Crippen LogP contribution in [0.15, 0.2) is 4.90 Å². The lowest BCUT2D eigenvalue weighted by Gasteiger charge is -2.20. The molecule has 1 aromatic carbocycles. The third kappa shape index (κ3) is 7.04. The van der Waals surface area contributed by atoms with E-state index in [1.54, 1.807) is 13.8 Å². The number of carbonyl (C=O) groups excluding carboxylic acids is 2. The van der Waals surface area contributed by atoms with Gasteiger partial charge in [0.25, 0.3) is 5.91 Å². The van der Waals surface area contributed by atoms with E-state index in [9.17, 15) is 18.0 Å². The van der Waals surface area contributed by atoms with E-state index in [2.05, 4.69) is 4.72 Å². The average Bonchev–Trinajstić information content (AvgIpc) is 2.74. The minimum absolute atomic E-state index is 0.101. The highest BCUT2D eigenvalue weighted by Crippen LogP contribution is 2.29. The summed E-state index contributed by atoms with van der Waals surface area (Å²) in [6.07, 6.45) is -0.0435. The van der Waals surface area contributed by atoms with Crippen LogP contribution in [0, 0.1) is 57.3 Å². The predicted octanol–water partition coefficient (Wildman–Crippen LogP) is 2.10. The number of carbonyl (C=O) groups is 2. The summed E-state index contributed by atoms with van der Waals surface area (Å²) < 4.78 is 33.1. The summed E-state index contributed by atoms with van der Waals surface area (Å²) in [5.41, 5.74) is 4.19. The minimum Gasteiger partial charge on any atom is -0.456 e. The lowest BCUT2D eigenvalue weighted by atomic mass is 9.95. The predicted molar refractivity (Wildman–Crippen MR) is 118 cm³/mol. The number of benzene rings is 1. The van der Waals surface area contributed by atoms with E-state index in [4.69, 9.17) is 15.3 Å². The molecule has 0 radical (unpaired) electrons. The van der Waals surface area contributed by atoms with E-state index in [-0.39, 0.29) is 43.8 Å². The molecule has 0 spiro atoms. The summed E-state index contributed by atoms with van der Waals surface area (Å²) in [5, 5.41) is 17.3. The summed E-state index contributed by atoms with van der Waals surface area (Å²) in [7, 11) is -3.84. The molecule has 32 heavy (non-hydrogen) atoms. The van der Waals surface area contributed by atoms with Crippen molar-refractivity contribution < 1.29 is 22.7 Å². The summed E-state index contributed by atoms with van der Waals surface area (Å²) in [6, 6.07) is 3.84. The number of ether oxygens (including phenoxy) is 1. The second-order valence-electron chi connectivity index (χ2n) is 7.46. The van der Waals surface area contributed by atoms with E-state index >= 15 is 0 Å². The van der Waals surface area contributed by atoms with Gasteiger partial charge in [-0.2, -0.15) is 10.5 Å². The number of hydrogen-bond acceptors (Lipinski definition) is 7. The molecule has 10 heteroatoms. The van der Waals surface area contributed by atoms with E-state index < -0.39 is 28.5 Å². The van der Waals surface area contributed by atoms with Gasteiger partial charge in [0.2, 0.25) is 10.0 Å². The van der Waals surface area contributed by atoms with Crippen molar-refractivity contribution in [3.05, 3.63) is 27.8 Å². The highest BCUT2D eigenvalue weighted by Gasteiger charge is 2.24. The van der Waals surface area contributed by atoms with Gasteiger partial charge in [-0.1, -0.05) is 0 Å². The van der Waals surface area contributed by atoms with Crippen LogP contribution in [-0.2, 0) is 24.3 Å². The monoisotopic (exact) mass is 462 g/mol. The Morgan fingerprint density at radius 1 is 0.906 bits per heavy atom. The van der Waals surface area contributed by atoms with Crippen LogP contribution in [-0.4, -0.2) is 51.4 Å². The Morgan fingerprint density at radius 2 is 1.38 bits per heavy atom. The van der Waals surface area contributed by atoms with Gasteiger partial charge in [0.1, 0.15) is 0 Å². The van der Waals surface area contributed by atoms with Crippen LogP contribution in [0.4, 0.5) is 0 Å². The molecular weight excluding hydrogens is 432 g/mol. The molecule has 0 atom stereocenters. The molecular formula is C22H30N4O5S. The maximum atomic E-state index is 12.9. The first-order valence-electron chi connectivity index (χ1n) is 10.2. The Kier molecular flexibility index (Phi) is 10.3. The second kappa shape index (κ2) is 12.2. The molecule has 0 aliphatic carbocycles. The number of nitrogens with zero attached hydrogens (tertiary/aromatic N) is 3. The standard InChI is InChI=1S/C22H30N4O5S/c1-15-16(2)18(4)22(19(5)17(15)3)32(29,30)25-11-8-21(28)31-14-20(27)26(12-6-9-23)13-7-10-24/h25H,6-8,11-14H2,1-5H3. The van der Waals surface area contributed by atoms with Gasteiger partial charge >= 0.3 is 5.97 Å². The normalized spacial score (nSPS) is 10.8. The fourth-order valence-electron chi connectivity index (χ4n) is 3.27. The number of nitriles is 2. The zero-order valence-electron chi connectivity index (χ0n) is 19.2. The zero-order valence-corrected chi connectivity index (χ0v) is 20.1. The molecule has 0 aromatic heterocycles. The third-order valence-electron chi connectivity index (χ3n) is 5.52. The van der Waals surface area contributed by atoms with E-state index in [1.165, 1.54) is 4.90 Å². The van der Waals surface area contributed by atoms with Gasteiger partial charge in [-0.15, -0.1) is 0 Å². The molecule has 0 aliphatic heterocycles. The quantitative estimate of drug-likeness (QED) is 0.496. The SMILES string of the molecule is Cc1c(C)c(C)c(S(=O)(=O)NCCC(=O)OCC(=O)N(CCC#N)CCC#N)c(C)c1C. The van der Waals surface area contributed by atoms with Crippen LogP contribution < -0.4 is 4.72 Å². The van der Waals surface area contributed by atoms with Crippen LogP contribution in [0.3, 0.4) is 0 Å². The van der Waals surface area contributed by atoms with Crippen LogP contribution in [0.5, 0.6) is 0 Å². The Morgan fingerprint density at radius 3 is 1.84 bits per heavy atom. The Labute approximate surface area is 190 Å². The molecule has 1 N–H and O–H groups in total. The van der Waals surface area contributed by atoms with Gasteiger partial charge in [-0.3, -0.25) is 9.59 Å². The topological polar surface area (TPSA) is 140 Å². The maximum Gasteiger partial charge on any atom is 0.307 e. The van der Waals surface area contributed by atoms with E-state index in [0.29, 0.717) is 11.1 Å². The van der Waals surface area contributed by atoms with Crippen molar-refractivity contribution in [3.8, 4) is 12.1 Å². The van der Waals surface area contributed by atoms with Crippen molar-refractivity contribution in [3.63, 3.8) is 0 Å². The Balaban J connectivity index is 2.69. The van der Waals surface area contributed by atoms with Gasteiger partial charge < -0.3 is 9.64 Å². The zero-order chi connectivity index (χ0) is 24.5. The molecule has 0 saturated carbocycles. The lowest BCUT2D eigenvalue weighted by Crippen LogP contribution is -2.36. The first-order valence-corrected chi connectivity index (χ1v) is 11.7. The highest BCUT2D eigenvalue weighted by atomic mass is 32.2. The first-order chi connectivity index (χ1) is 15.0. The highest BCUT2D eigenvalue weighted by molar-refractivity contribution is 7.89. The van der Waals surface area contributed by atoms with Crippen molar-refractivity contribution in [2.45, 2.75) is 58.8 Å². The second-order valence-corrected chi connectivity index (χ2v) is 9.16. The smallest absolute Gasteiger partial charge is 0.307 e. The molecule has 0 aliphatic rings. The summed E-state index contributed by atoms with van der Waals surface area (Å²) in [6.45, 7) is 8.80. The number of rotatable bonds is 11. The molecule has 0 saturated heterocycles. The fourth-order valence-corrected chi connectivity index (χ4v) is 4.89. The minimum atomic E-state index is -3.84. The number of amides is 1. The number of sulfonamides is 1.